The SMILES string of the molecule is c1ccc2c(c1)O[C@@H]1CCCC[C@H]1O2. The van der Waals surface area contributed by atoms with E-state index in [2.05, 4.69) is 0 Å². The number of rotatable bonds is 0. The molecule has 1 saturated carbocycles. The van der Waals surface area contributed by atoms with E-state index >= 15 is 0 Å². The van der Waals surface area contributed by atoms with Crippen LogP contribution in [-0.4, -0.2) is 12.2 Å². The van der Waals surface area contributed by atoms with Gasteiger partial charge in [0, 0.05) is 0 Å². The molecule has 0 spiro atoms. The predicted octanol–water partition coefficient (Wildman–Crippen LogP) is 2.77. The van der Waals surface area contributed by atoms with Gasteiger partial charge in [-0.1, -0.05) is 12.1 Å². The van der Waals surface area contributed by atoms with E-state index < -0.39 is 0 Å². The Labute approximate surface area is 83.8 Å². The molecule has 0 unspecified atom stereocenters. The Bertz CT molecular complexity index is 302. The average molecular weight is 190 g/mol. The average Bonchev–Trinajstić information content (AvgIpc) is 2.26. The lowest BCUT2D eigenvalue weighted by Gasteiger charge is -2.36. The number of para-hydroxylation sites is 2. The quantitative estimate of drug-likeness (QED) is 0.626. The number of fused-ring (bicyclic) bond motifs is 2. The molecular weight excluding hydrogens is 176 g/mol. The lowest BCUT2D eigenvalue weighted by atomic mass is 9.94. The van der Waals surface area contributed by atoms with E-state index in [1.807, 2.05) is 24.3 Å². The Kier molecular flexibility index (Phi) is 1.86. The summed E-state index contributed by atoms with van der Waals surface area (Å²) in [5.41, 5.74) is 0. The summed E-state index contributed by atoms with van der Waals surface area (Å²) >= 11 is 0. The number of hydrogen-bond acceptors (Lipinski definition) is 2. The molecule has 2 atom stereocenters. The van der Waals surface area contributed by atoms with Gasteiger partial charge in [-0.3, -0.25) is 0 Å². The lowest BCUT2D eigenvalue weighted by Crippen LogP contribution is -2.41. The van der Waals surface area contributed by atoms with Crippen LogP contribution in [0.5, 0.6) is 11.5 Å². The fourth-order valence-corrected chi connectivity index (χ4v) is 2.30. The largest absolute Gasteiger partial charge is 0.483 e. The third kappa shape index (κ3) is 1.26. The van der Waals surface area contributed by atoms with Crippen molar-refractivity contribution in [3.8, 4) is 11.5 Å². The summed E-state index contributed by atoms with van der Waals surface area (Å²) < 4.78 is 11.8. The van der Waals surface area contributed by atoms with Crippen molar-refractivity contribution in [3.05, 3.63) is 24.3 Å². The van der Waals surface area contributed by atoms with Crippen LogP contribution < -0.4 is 9.47 Å². The van der Waals surface area contributed by atoms with Gasteiger partial charge in [0.1, 0.15) is 12.2 Å². The molecule has 2 heteroatoms. The normalized spacial score (nSPS) is 29.4. The molecule has 0 radical (unpaired) electrons. The van der Waals surface area contributed by atoms with Crippen molar-refractivity contribution < 1.29 is 9.47 Å². The van der Waals surface area contributed by atoms with Crippen molar-refractivity contribution in [1.82, 2.24) is 0 Å². The zero-order chi connectivity index (χ0) is 9.38. The van der Waals surface area contributed by atoms with Crippen LogP contribution in [0.2, 0.25) is 0 Å². The van der Waals surface area contributed by atoms with E-state index in [1.54, 1.807) is 0 Å². The highest BCUT2D eigenvalue weighted by molar-refractivity contribution is 5.41. The fraction of sp³-hybridized carbons (Fsp3) is 0.500. The Hall–Kier alpha value is -1.18. The van der Waals surface area contributed by atoms with Crippen LogP contribution >= 0.6 is 0 Å². The van der Waals surface area contributed by atoms with Gasteiger partial charge >= 0.3 is 0 Å². The predicted molar refractivity (Wildman–Crippen MR) is 53.7 cm³/mol. The number of hydrogen-bond donors (Lipinski definition) is 0. The first kappa shape index (κ1) is 8.16. The minimum absolute atomic E-state index is 0.290. The van der Waals surface area contributed by atoms with E-state index in [0.717, 1.165) is 24.3 Å². The monoisotopic (exact) mass is 190 g/mol. The van der Waals surface area contributed by atoms with E-state index in [0.29, 0.717) is 12.2 Å². The third-order valence-corrected chi connectivity index (χ3v) is 3.05. The summed E-state index contributed by atoms with van der Waals surface area (Å²) in [5, 5.41) is 0. The Balaban J connectivity index is 1.91. The standard InChI is InChI=1S/C12H14O2/c1-2-6-10-9(5-1)13-11-7-3-4-8-12(11)14-10/h1-2,5-6,11-12H,3-4,7-8H2/t11-,12-/m1/s1. The van der Waals surface area contributed by atoms with Crippen molar-refractivity contribution in [2.75, 3.05) is 0 Å². The van der Waals surface area contributed by atoms with Crippen LogP contribution in [0.3, 0.4) is 0 Å². The fourth-order valence-electron chi connectivity index (χ4n) is 2.30. The molecule has 2 aliphatic rings. The van der Waals surface area contributed by atoms with E-state index in [9.17, 15) is 0 Å². The van der Waals surface area contributed by atoms with Crippen molar-refractivity contribution >= 4 is 0 Å². The molecule has 0 N–H and O–H groups in total. The molecule has 1 aromatic rings. The van der Waals surface area contributed by atoms with Crippen LogP contribution in [0.1, 0.15) is 25.7 Å². The van der Waals surface area contributed by atoms with Gasteiger partial charge < -0.3 is 9.47 Å². The minimum Gasteiger partial charge on any atom is -0.483 e. The molecule has 1 aliphatic heterocycles. The zero-order valence-corrected chi connectivity index (χ0v) is 8.11. The molecule has 1 fully saturated rings. The first-order valence-electron chi connectivity index (χ1n) is 5.36. The summed E-state index contributed by atoms with van der Waals surface area (Å²) in [6, 6.07) is 7.96. The molecule has 2 nitrogen and oxygen atoms in total. The van der Waals surface area contributed by atoms with Gasteiger partial charge in [0.15, 0.2) is 11.5 Å². The van der Waals surface area contributed by atoms with Crippen LogP contribution in [0.15, 0.2) is 24.3 Å². The smallest absolute Gasteiger partial charge is 0.161 e. The highest BCUT2D eigenvalue weighted by atomic mass is 16.6. The highest BCUT2D eigenvalue weighted by Crippen LogP contribution is 2.37. The number of ether oxygens (including phenoxy) is 2. The maximum Gasteiger partial charge on any atom is 0.161 e. The third-order valence-electron chi connectivity index (χ3n) is 3.05. The van der Waals surface area contributed by atoms with Crippen LogP contribution in [-0.2, 0) is 0 Å². The second kappa shape index (κ2) is 3.19. The van der Waals surface area contributed by atoms with Gasteiger partial charge in [0.25, 0.3) is 0 Å². The lowest BCUT2D eigenvalue weighted by molar-refractivity contribution is -0.00601. The van der Waals surface area contributed by atoms with Crippen LogP contribution in [0, 0.1) is 0 Å². The van der Waals surface area contributed by atoms with Crippen molar-refractivity contribution in [2.24, 2.45) is 0 Å². The molecule has 1 aliphatic carbocycles. The first-order chi connectivity index (χ1) is 6.93. The molecule has 74 valence electrons. The van der Waals surface area contributed by atoms with E-state index in [4.69, 9.17) is 9.47 Å². The van der Waals surface area contributed by atoms with E-state index in [-0.39, 0.29) is 0 Å². The van der Waals surface area contributed by atoms with Gasteiger partial charge in [0.2, 0.25) is 0 Å². The Morgan fingerprint density at radius 2 is 1.36 bits per heavy atom. The topological polar surface area (TPSA) is 18.5 Å². The van der Waals surface area contributed by atoms with Crippen molar-refractivity contribution in [2.45, 2.75) is 37.9 Å². The second-order valence-electron chi connectivity index (χ2n) is 4.04. The van der Waals surface area contributed by atoms with Gasteiger partial charge in [-0.2, -0.15) is 0 Å². The molecule has 0 amide bonds. The maximum absolute atomic E-state index is 5.91. The second-order valence-corrected chi connectivity index (χ2v) is 4.04. The molecule has 0 aromatic heterocycles. The number of benzene rings is 1. The first-order valence-corrected chi connectivity index (χ1v) is 5.36. The molecule has 14 heavy (non-hydrogen) atoms. The molecular formula is C12H14O2. The minimum atomic E-state index is 0.290. The van der Waals surface area contributed by atoms with Gasteiger partial charge in [-0.05, 0) is 37.8 Å². The van der Waals surface area contributed by atoms with Crippen molar-refractivity contribution in [3.63, 3.8) is 0 Å². The summed E-state index contributed by atoms with van der Waals surface area (Å²) in [7, 11) is 0. The summed E-state index contributed by atoms with van der Waals surface area (Å²) in [5.74, 6) is 1.83. The maximum atomic E-state index is 5.91. The van der Waals surface area contributed by atoms with Crippen LogP contribution in [0.25, 0.3) is 0 Å². The molecule has 1 aromatic carbocycles. The Morgan fingerprint density at radius 1 is 0.857 bits per heavy atom. The van der Waals surface area contributed by atoms with Gasteiger partial charge in [0.05, 0.1) is 0 Å². The molecule has 0 bridgehead atoms. The van der Waals surface area contributed by atoms with Gasteiger partial charge in [-0.25, -0.2) is 0 Å². The molecule has 3 rings (SSSR count). The highest BCUT2D eigenvalue weighted by Gasteiger charge is 2.33. The molecule has 1 heterocycles. The van der Waals surface area contributed by atoms with E-state index in [1.165, 1.54) is 12.8 Å². The zero-order valence-electron chi connectivity index (χ0n) is 8.11. The van der Waals surface area contributed by atoms with Crippen molar-refractivity contribution in [1.29, 1.82) is 0 Å². The van der Waals surface area contributed by atoms with Gasteiger partial charge in [-0.15, -0.1) is 0 Å². The molecule has 0 saturated heterocycles. The summed E-state index contributed by atoms with van der Waals surface area (Å²) in [4.78, 5) is 0. The Morgan fingerprint density at radius 3 is 1.86 bits per heavy atom. The van der Waals surface area contributed by atoms with Crippen LogP contribution in [0.4, 0.5) is 0 Å². The summed E-state index contributed by atoms with van der Waals surface area (Å²) in [6.07, 6.45) is 5.40. The summed E-state index contributed by atoms with van der Waals surface area (Å²) in [6.45, 7) is 0.